The number of anilines is 1. The van der Waals surface area contributed by atoms with Crippen LogP contribution in [0.25, 0.3) is 0 Å². The Morgan fingerprint density at radius 2 is 2.10 bits per heavy atom. The summed E-state index contributed by atoms with van der Waals surface area (Å²) >= 11 is 5.96. The second-order valence-electron chi connectivity index (χ2n) is 4.21. The zero-order valence-corrected chi connectivity index (χ0v) is 12.3. The Balaban J connectivity index is 2.90. The molecule has 0 fully saturated rings. The normalized spacial score (nSPS) is 10.1. The van der Waals surface area contributed by atoms with Crippen molar-refractivity contribution >= 4 is 29.1 Å². The Hall–Kier alpha value is -1.79. The Bertz CT molecular complexity index is 519. The zero-order chi connectivity index (χ0) is 15.3. The van der Waals surface area contributed by atoms with Crippen molar-refractivity contribution in [3.63, 3.8) is 0 Å². The number of amides is 2. The number of carbonyl (C=O) groups is 2. The highest BCUT2D eigenvalue weighted by Crippen LogP contribution is 2.30. The van der Waals surface area contributed by atoms with Gasteiger partial charge in [-0.2, -0.15) is 0 Å². The highest BCUT2D eigenvalue weighted by molar-refractivity contribution is 6.39. The molecule has 2 N–H and O–H groups in total. The molecule has 0 saturated heterocycles. The number of ether oxygens (including phenoxy) is 1. The smallest absolute Gasteiger partial charge is 0.313 e. The molecule has 1 aromatic carbocycles. The van der Waals surface area contributed by atoms with Crippen LogP contribution < -0.4 is 10.1 Å². The predicted octanol–water partition coefficient (Wildman–Crippen LogP) is 1.05. The van der Waals surface area contributed by atoms with Crippen LogP contribution in [0, 0.1) is 6.92 Å². The van der Waals surface area contributed by atoms with Crippen LogP contribution in [-0.2, 0) is 9.59 Å². The van der Waals surface area contributed by atoms with Crippen molar-refractivity contribution in [2.45, 2.75) is 6.92 Å². The molecule has 7 heteroatoms. The minimum atomic E-state index is -0.805. The van der Waals surface area contributed by atoms with Gasteiger partial charge in [0, 0.05) is 24.7 Å². The molecule has 0 aliphatic carbocycles. The van der Waals surface area contributed by atoms with Crippen LogP contribution in [0.3, 0.4) is 0 Å². The molecule has 0 aliphatic rings. The van der Waals surface area contributed by atoms with E-state index in [1.165, 1.54) is 14.2 Å². The summed E-state index contributed by atoms with van der Waals surface area (Å²) in [5.41, 5.74) is 1.11. The van der Waals surface area contributed by atoms with E-state index < -0.39 is 11.8 Å². The van der Waals surface area contributed by atoms with Crippen LogP contribution >= 0.6 is 11.6 Å². The first-order valence-corrected chi connectivity index (χ1v) is 6.30. The minimum absolute atomic E-state index is 0.0863. The molecule has 0 atom stereocenters. The fraction of sp³-hybridized carbons (Fsp3) is 0.385. The lowest BCUT2D eigenvalue weighted by atomic mass is 10.2. The Morgan fingerprint density at radius 3 is 2.65 bits per heavy atom. The van der Waals surface area contributed by atoms with Gasteiger partial charge in [0.2, 0.25) is 0 Å². The van der Waals surface area contributed by atoms with Gasteiger partial charge in [-0.15, -0.1) is 0 Å². The van der Waals surface area contributed by atoms with E-state index in [0.717, 1.165) is 10.5 Å². The Kier molecular flexibility index (Phi) is 5.79. The van der Waals surface area contributed by atoms with E-state index in [-0.39, 0.29) is 13.2 Å². The summed E-state index contributed by atoms with van der Waals surface area (Å²) in [6.45, 7) is 1.65. The monoisotopic (exact) mass is 300 g/mol. The number of hydrogen-bond donors (Lipinski definition) is 2. The number of aliphatic hydroxyl groups is 1. The third kappa shape index (κ3) is 3.85. The van der Waals surface area contributed by atoms with Crippen molar-refractivity contribution in [3.8, 4) is 5.75 Å². The van der Waals surface area contributed by atoms with E-state index in [1.54, 1.807) is 19.1 Å². The molecule has 0 saturated carbocycles. The number of hydrogen-bond acceptors (Lipinski definition) is 4. The standard InChI is InChI=1S/C13H17ClN2O4/c1-8-6-10(11(20-3)7-9(8)14)15-12(18)13(19)16(2)4-5-17/h6-7,17H,4-5H2,1-3H3,(H,15,18). The third-order valence-corrected chi connectivity index (χ3v) is 3.11. The molecule has 0 aromatic heterocycles. The Morgan fingerprint density at radius 1 is 1.45 bits per heavy atom. The number of benzene rings is 1. The molecule has 1 aromatic rings. The van der Waals surface area contributed by atoms with E-state index in [9.17, 15) is 9.59 Å². The number of rotatable bonds is 4. The number of likely N-dealkylation sites (N-methyl/N-ethyl adjacent to an activating group) is 1. The molecule has 0 spiro atoms. The number of nitrogens with zero attached hydrogens (tertiary/aromatic N) is 1. The topological polar surface area (TPSA) is 78.9 Å². The summed E-state index contributed by atoms with van der Waals surface area (Å²) in [7, 11) is 2.87. The maximum absolute atomic E-state index is 11.8. The quantitative estimate of drug-likeness (QED) is 0.815. The molecule has 1 rings (SSSR count). The van der Waals surface area contributed by atoms with Crippen molar-refractivity contribution < 1.29 is 19.4 Å². The van der Waals surface area contributed by atoms with Crippen LogP contribution in [-0.4, -0.2) is 49.1 Å². The average Bonchev–Trinajstić information content (AvgIpc) is 2.41. The molecule has 0 bridgehead atoms. The summed E-state index contributed by atoms with van der Waals surface area (Å²) in [6, 6.07) is 3.19. The second kappa shape index (κ2) is 7.12. The van der Waals surface area contributed by atoms with Gasteiger partial charge in [-0.3, -0.25) is 9.59 Å². The van der Waals surface area contributed by atoms with Crippen molar-refractivity contribution in [1.82, 2.24) is 4.90 Å². The van der Waals surface area contributed by atoms with E-state index in [0.29, 0.717) is 16.5 Å². The lowest BCUT2D eigenvalue weighted by Gasteiger charge is -2.16. The zero-order valence-electron chi connectivity index (χ0n) is 11.6. The maximum Gasteiger partial charge on any atom is 0.313 e. The number of aryl methyl sites for hydroxylation is 1. The number of methoxy groups -OCH3 is 1. The fourth-order valence-corrected chi connectivity index (χ4v) is 1.68. The van der Waals surface area contributed by atoms with Gasteiger partial charge in [0.25, 0.3) is 0 Å². The van der Waals surface area contributed by atoms with Gasteiger partial charge in [-0.05, 0) is 18.6 Å². The summed E-state index contributed by atoms with van der Waals surface area (Å²) in [4.78, 5) is 24.7. The SMILES string of the molecule is COc1cc(Cl)c(C)cc1NC(=O)C(=O)N(C)CCO. The van der Waals surface area contributed by atoms with Gasteiger partial charge in [-0.25, -0.2) is 0 Å². The summed E-state index contributed by atoms with van der Waals surface area (Å²) in [5, 5.41) is 11.7. The highest BCUT2D eigenvalue weighted by Gasteiger charge is 2.20. The molecule has 6 nitrogen and oxygen atoms in total. The number of carbonyl (C=O) groups excluding carboxylic acids is 2. The maximum atomic E-state index is 11.8. The van der Waals surface area contributed by atoms with Crippen LogP contribution in [0.1, 0.15) is 5.56 Å². The lowest BCUT2D eigenvalue weighted by Crippen LogP contribution is -2.38. The highest BCUT2D eigenvalue weighted by atomic mass is 35.5. The molecule has 0 unspecified atom stereocenters. The molecule has 20 heavy (non-hydrogen) atoms. The van der Waals surface area contributed by atoms with Crippen LogP contribution in [0.15, 0.2) is 12.1 Å². The summed E-state index contributed by atoms with van der Waals surface area (Å²) in [5.74, 6) is -1.18. The third-order valence-electron chi connectivity index (χ3n) is 2.71. The number of nitrogens with one attached hydrogen (secondary N) is 1. The van der Waals surface area contributed by atoms with E-state index >= 15 is 0 Å². The molecular formula is C13H17ClN2O4. The first-order chi connectivity index (χ1) is 9.40. The largest absolute Gasteiger partial charge is 0.495 e. The average molecular weight is 301 g/mol. The van der Waals surface area contributed by atoms with Crippen molar-refractivity contribution in [3.05, 3.63) is 22.7 Å². The van der Waals surface area contributed by atoms with Gasteiger partial charge in [0.15, 0.2) is 0 Å². The Labute approximate surface area is 122 Å². The molecule has 2 amide bonds. The first-order valence-electron chi connectivity index (χ1n) is 5.92. The molecule has 0 heterocycles. The molecule has 0 radical (unpaired) electrons. The molecule has 0 aliphatic heterocycles. The number of halogens is 1. The van der Waals surface area contributed by atoms with Crippen molar-refractivity contribution in [2.75, 3.05) is 32.6 Å². The van der Waals surface area contributed by atoms with E-state index in [4.69, 9.17) is 21.4 Å². The minimum Gasteiger partial charge on any atom is -0.495 e. The number of aliphatic hydroxyl groups excluding tert-OH is 1. The fourth-order valence-electron chi connectivity index (χ4n) is 1.53. The molecular weight excluding hydrogens is 284 g/mol. The van der Waals surface area contributed by atoms with Gasteiger partial charge < -0.3 is 20.1 Å². The van der Waals surface area contributed by atoms with Crippen LogP contribution in [0.4, 0.5) is 5.69 Å². The van der Waals surface area contributed by atoms with Crippen molar-refractivity contribution in [1.29, 1.82) is 0 Å². The van der Waals surface area contributed by atoms with Gasteiger partial charge in [-0.1, -0.05) is 11.6 Å². The summed E-state index contributed by atoms with van der Waals surface area (Å²) < 4.78 is 5.11. The van der Waals surface area contributed by atoms with Gasteiger partial charge in [0.1, 0.15) is 5.75 Å². The van der Waals surface area contributed by atoms with E-state index in [1.807, 2.05) is 0 Å². The second-order valence-corrected chi connectivity index (χ2v) is 4.61. The van der Waals surface area contributed by atoms with E-state index in [2.05, 4.69) is 5.32 Å². The molecule has 110 valence electrons. The van der Waals surface area contributed by atoms with Gasteiger partial charge >= 0.3 is 11.8 Å². The summed E-state index contributed by atoms with van der Waals surface area (Å²) in [6.07, 6.45) is 0. The van der Waals surface area contributed by atoms with Crippen molar-refractivity contribution in [2.24, 2.45) is 0 Å². The lowest BCUT2D eigenvalue weighted by molar-refractivity contribution is -0.142. The van der Waals surface area contributed by atoms with Crippen LogP contribution in [0.2, 0.25) is 5.02 Å². The van der Waals surface area contributed by atoms with Gasteiger partial charge in [0.05, 0.1) is 19.4 Å². The first kappa shape index (κ1) is 16.3. The van der Waals surface area contributed by atoms with Crippen LogP contribution in [0.5, 0.6) is 5.75 Å². The predicted molar refractivity (Wildman–Crippen MR) is 76.1 cm³/mol.